The molecule has 0 amide bonds. The summed E-state index contributed by atoms with van der Waals surface area (Å²) in [5.74, 6) is 0.715. The van der Waals surface area contributed by atoms with Crippen LogP contribution in [0.1, 0.15) is 54.0 Å². The summed E-state index contributed by atoms with van der Waals surface area (Å²) in [6.45, 7) is 3.02. The van der Waals surface area contributed by atoms with E-state index in [1.54, 1.807) is 12.1 Å². The third-order valence-electron chi connectivity index (χ3n) is 6.47. The van der Waals surface area contributed by atoms with Crippen molar-refractivity contribution in [1.82, 2.24) is 4.90 Å². The van der Waals surface area contributed by atoms with Crippen LogP contribution in [0.25, 0.3) is 11.1 Å². The van der Waals surface area contributed by atoms with E-state index in [4.69, 9.17) is 10.2 Å². The predicted molar refractivity (Wildman–Crippen MR) is 132 cm³/mol. The number of phenolic OH excluding ortho intramolecular Hbond substituents is 2. The molecule has 0 aliphatic carbocycles. The zero-order chi connectivity index (χ0) is 26.3. The van der Waals surface area contributed by atoms with Gasteiger partial charge in [0.2, 0.25) is 0 Å². The first kappa shape index (κ1) is 17.3. The fraction of sp³-hybridized carbons (Fsp3) is 0.310. The highest BCUT2D eigenvalue weighted by molar-refractivity contribution is 5.95. The van der Waals surface area contributed by atoms with Gasteiger partial charge in [0.25, 0.3) is 0 Å². The molecule has 2 N–H and O–H groups in total. The van der Waals surface area contributed by atoms with Gasteiger partial charge in [-0.2, -0.15) is 0 Å². The maximum absolute atomic E-state index is 10.1. The van der Waals surface area contributed by atoms with E-state index in [1.165, 1.54) is 36.2 Å². The molecule has 3 aromatic rings. The summed E-state index contributed by atoms with van der Waals surface area (Å²) in [6.07, 6.45) is 1.39. The molecule has 2 heterocycles. The summed E-state index contributed by atoms with van der Waals surface area (Å²) in [4.78, 5) is 2.47. The van der Waals surface area contributed by atoms with Gasteiger partial charge in [-0.15, -0.1) is 0 Å². The van der Waals surface area contributed by atoms with Crippen LogP contribution >= 0.6 is 0 Å². The number of rotatable bonds is 6. The lowest BCUT2D eigenvalue weighted by atomic mass is 9.85. The van der Waals surface area contributed by atoms with Crippen LogP contribution in [0.3, 0.4) is 0 Å². The van der Waals surface area contributed by atoms with Crippen molar-refractivity contribution in [3.8, 4) is 17.2 Å². The molecule has 4 heteroatoms. The topological polar surface area (TPSA) is 52.9 Å². The van der Waals surface area contributed by atoms with Gasteiger partial charge in [-0.1, -0.05) is 43.3 Å². The molecule has 4 nitrogen and oxygen atoms in total. The summed E-state index contributed by atoms with van der Waals surface area (Å²) in [7, 11) is 0. The van der Waals surface area contributed by atoms with Crippen molar-refractivity contribution >= 4 is 11.1 Å². The average Bonchev–Trinajstić information content (AvgIpc) is 2.82. The van der Waals surface area contributed by atoms with Crippen molar-refractivity contribution in [3.63, 3.8) is 0 Å². The zero-order valence-corrected chi connectivity index (χ0v) is 18.7. The van der Waals surface area contributed by atoms with Crippen LogP contribution in [-0.2, 0) is 6.42 Å². The molecule has 1 atom stereocenters. The Hall–Kier alpha value is -3.24. The Kier molecular flexibility index (Phi) is 4.68. The van der Waals surface area contributed by atoms with Gasteiger partial charge in [-0.25, -0.2) is 0 Å². The highest BCUT2D eigenvalue weighted by Gasteiger charge is 2.30. The van der Waals surface area contributed by atoms with Crippen molar-refractivity contribution in [2.45, 2.75) is 32.7 Å². The number of aromatic hydroxyl groups is 2. The number of nitrogens with zero attached hydrogens (tertiary/aromatic N) is 1. The first-order valence-corrected chi connectivity index (χ1v) is 11.5. The van der Waals surface area contributed by atoms with Crippen LogP contribution in [0, 0.1) is 5.92 Å². The third-order valence-corrected chi connectivity index (χ3v) is 6.47. The lowest BCUT2D eigenvalue weighted by molar-refractivity contribution is 0.101. The molecule has 0 spiro atoms. The van der Waals surface area contributed by atoms with Gasteiger partial charge in [0, 0.05) is 34.4 Å². The second kappa shape index (κ2) is 8.95. The minimum Gasteiger partial charge on any atom is -0.508 e. The van der Waals surface area contributed by atoms with Crippen molar-refractivity contribution in [1.29, 1.82) is 0 Å². The SMILES string of the molecule is [2H]c1cc(O)cc2c1C(C([2H])([2H])[2H])=C(c1ccc(O)cc1)C(c1ccc(CC3CN(CCC)C3)cc1)O2. The Bertz CT molecular complexity index is 1310. The number of benzene rings is 3. The molecular weight excluding hydrogens is 410 g/mol. The zero-order valence-electron chi connectivity index (χ0n) is 22.7. The second-order valence-electron chi connectivity index (χ2n) is 9.00. The third kappa shape index (κ3) is 4.36. The lowest BCUT2D eigenvalue weighted by Crippen LogP contribution is -2.47. The highest BCUT2D eigenvalue weighted by atomic mass is 16.5. The van der Waals surface area contributed by atoms with Crippen molar-refractivity contribution in [3.05, 3.63) is 89.0 Å². The second-order valence-corrected chi connectivity index (χ2v) is 9.00. The van der Waals surface area contributed by atoms with Crippen molar-refractivity contribution < 1.29 is 20.4 Å². The molecule has 0 aromatic heterocycles. The van der Waals surface area contributed by atoms with Crippen LogP contribution in [0.5, 0.6) is 17.2 Å². The Labute approximate surface area is 201 Å². The van der Waals surface area contributed by atoms with E-state index in [9.17, 15) is 10.2 Å². The first-order valence-electron chi connectivity index (χ1n) is 13.5. The van der Waals surface area contributed by atoms with Gasteiger partial charge in [0.15, 0.2) is 0 Å². The smallest absolute Gasteiger partial charge is 0.150 e. The molecule has 3 aromatic carbocycles. The summed E-state index contributed by atoms with van der Waals surface area (Å²) in [6, 6.07) is 16.9. The first-order chi connectivity index (χ1) is 17.6. The largest absolute Gasteiger partial charge is 0.508 e. The molecule has 1 unspecified atom stereocenters. The van der Waals surface area contributed by atoms with Gasteiger partial charge in [-0.05, 0) is 78.7 Å². The maximum Gasteiger partial charge on any atom is 0.150 e. The van der Waals surface area contributed by atoms with Gasteiger partial charge in [0.05, 0.1) is 1.37 Å². The van der Waals surface area contributed by atoms with E-state index >= 15 is 0 Å². The van der Waals surface area contributed by atoms with E-state index < -0.39 is 13.0 Å². The quantitative estimate of drug-likeness (QED) is 0.485. The van der Waals surface area contributed by atoms with Crippen LogP contribution in [0.4, 0.5) is 0 Å². The number of hydrogen-bond donors (Lipinski definition) is 2. The molecule has 33 heavy (non-hydrogen) atoms. The monoisotopic (exact) mass is 445 g/mol. The number of allylic oxidation sites excluding steroid dienone is 1. The van der Waals surface area contributed by atoms with E-state index in [-0.39, 0.29) is 34.4 Å². The Balaban J connectivity index is 1.57. The molecular formula is C29H31NO3. The molecule has 1 fully saturated rings. The Morgan fingerprint density at radius 2 is 1.79 bits per heavy atom. The number of likely N-dealkylation sites (tertiary alicyclic amines) is 1. The number of fused-ring (bicyclic) bond motifs is 1. The fourth-order valence-electron chi connectivity index (χ4n) is 4.84. The van der Waals surface area contributed by atoms with Gasteiger partial charge >= 0.3 is 0 Å². The minimum absolute atomic E-state index is 0.0176. The predicted octanol–water partition coefficient (Wildman–Crippen LogP) is 6.05. The van der Waals surface area contributed by atoms with Gasteiger partial charge in [-0.3, -0.25) is 0 Å². The number of ether oxygens (including phenoxy) is 1. The van der Waals surface area contributed by atoms with Crippen LogP contribution < -0.4 is 4.74 Å². The van der Waals surface area contributed by atoms with Gasteiger partial charge in [0.1, 0.15) is 23.4 Å². The summed E-state index contributed by atoms with van der Waals surface area (Å²) in [5, 5.41) is 20.0. The Morgan fingerprint density at radius 1 is 1.03 bits per heavy atom. The molecule has 0 saturated carbocycles. The lowest BCUT2D eigenvalue weighted by Gasteiger charge is -2.39. The number of phenols is 2. The van der Waals surface area contributed by atoms with Crippen LogP contribution in [-0.4, -0.2) is 34.7 Å². The van der Waals surface area contributed by atoms with Crippen LogP contribution in [0.2, 0.25) is 0 Å². The van der Waals surface area contributed by atoms with E-state index in [0.717, 1.165) is 31.6 Å². The highest BCUT2D eigenvalue weighted by Crippen LogP contribution is 2.47. The van der Waals surface area contributed by atoms with Crippen LogP contribution in [0.15, 0.2) is 66.7 Å². The fourth-order valence-corrected chi connectivity index (χ4v) is 4.84. The molecule has 0 bridgehead atoms. The standard InChI is InChI=1S/C29H31NO3/c1-3-14-30-17-21(18-30)15-20-4-6-23(7-5-20)29-28(22-8-10-24(31)11-9-22)19(2)26-13-12-25(32)16-27(26)33-29/h4-13,16,21,29,31-32H,3,14-15,17-18H2,1-2H3/i2D3,13D. The number of hydrogen-bond acceptors (Lipinski definition) is 4. The molecule has 5 rings (SSSR count). The summed E-state index contributed by atoms with van der Waals surface area (Å²) >= 11 is 0. The van der Waals surface area contributed by atoms with Crippen molar-refractivity contribution in [2.75, 3.05) is 19.6 Å². The molecule has 0 radical (unpaired) electrons. The molecule has 2 aliphatic heterocycles. The summed E-state index contributed by atoms with van der Waals surface area (Å²) < 4.78 is 39.9. The summed E-state index contributed by atoms with van der Waals surface area (Å²) in [5.41, 5.74) is 3.17. The van der Waals surface area contributed by atoms with E-state index in [0.29, 0.717) is 17.1 Å². The molecule has 1 saturated heterocycles. The minimum atomic E-state index is -2.55. The van der Waals surface area contributed by atoms with Gasteiger partial charge < -0.3 is 19.8 Å². The Morgan fingerprint density at radius 3 is 2.48 bits per heavy atom. The molecule has 2 aliphatic rings. The van der Waals surface area contributed by atoms with Crippen molar-refractivity contribution in [2.24, 2.45) is 5.92 Å². The normalized spacial score (nSPS) is 20.7. The molecule has 170 valence electrons. The van der Waals surface area contributed by atoms with E-state index in [1.807, 2.05) is 12.1 Å². The average molecular weight is 446 g/mol. The maximum atomic E-state index is 10.1. The van der Waals surface area contributed by atoms with E-state index in [2.05, 4.69) is 24.0 Å².